The van der Waals surface area contributed by atoms with E-state index in [0.717, 1.165) is 5.56 Å². The van der Waals surface area contributed by atoms with Crippen LogP contribution in [0, 0.1) is 6.92 Å². The summed E-state index contributed by atoms with van der Waals surface area (Å²) >= 11 is 0. The third-order valence-electron chi connectivity index (χ3n) is 4.28. The van der Waals surface area contributed by atoms with Crippen LogP contribution >= 0.6 is 0 Å². The predicted molar refractivity (Wildman–Crippen MR) is 101 cm³/mol. The fraction of sp³-hybridized carbons (Fsp3) is 0.286. The standard InChI is InChI=1S/C21H22O6/c1-6-26-14-7-12(2)20-18(10-14)27-19(21(20)22)9-13-8-16(24-4)17(25-5)11-15(13)23-3/h7-11H,6H2,1-5H3/b19-9-. The van der Waals surface area contributed by atoms with Crippen molar-refractivity contribution in [1.29, 1.82) is 0 Å². The fourth-order valence-corrected chi connectivity index (χ4v) is 3.03. The maximum atomic E-state index is 12.8. The molecule has 0 unspecified atom stereocenters. The Hall–Kier alpha value is -3.15. The molecule has 0 aliphatic carbocycles. The number of rotatable bonds is 6. The lowest BCUT2D eigenvalue weighted by atomic mass is 10.0. The number of benzene rings is 2. The molecule has 142 valence electrons. The van der Waals surface area contributed by atoms with Crippen LogP contribution in [0.2, 0.25) is 0 Å². The number of Topliss-reactive ketones (excluding diaryl/α,β-unsaturated/α-hetero) is 1. The van der Waals surface area contributed by atoms with Crippen molar-refractivity contribution in [3.05, 3.63) is 46.7 Å². The van der Waals surface area contributed by atoms with Crippen molar-refractivity contribution in [2.45, 2.75) is 13.8 Å². The van der Waals surface area contributed by atoms with Crippen LogP contribution in [-0.4, -0.2) is 33.7 Å². The zero-order chi connectivity index (χ0) is 19.6. The number of carbonyl (C=O) groups excluding carboxylic acids is 1. The molecule has 0 saturated heterocycles. The highest BCUT2D eigenvalue weighted by molar-refractivity contribution is 6.15. The smallest absolute Gasteiger partial charge is 0.232 e. The van der Waals surface area contributed by atoms with Gasteiger partial charge in [0.05, 0.1) is 33.5 Å². The Labute approximate surface area is 158 Å². The molecule has 2 aromatic carbocycles. The molecule has 6 heteroatoms. The predicted octanol–water partition coefficient (Wildman–Crippen LogP) is 4.04. The number of hydrogen-bond donors (Lipinski definition) is 0. The molecule has 0 radical (unpaired) electrons. The van der Waals surface area contributed by atoms with Crippen LogP contribution in [0.4, 0.5) is 0 Å². The molecule has 1 heterocycles. The number of aryl methyl sites for hydroxylation is 1. The fourth-order valence-electron chi connectivity index (χ4n) is 3.03. The lowest BCUT2D eigenvalue weighted by Crippen LogP contribution is -2.01. The second-order valence-corrected chi connectivity index (χ2v) is 5.94. The van der Waals surface area contributed by atoms with E-state index in [1.807, 2.05) is 19.9 Å². The third kappa shape index (κ3) is 3.43. The van der Waals surface area contributed by atoms with Crippen molar-refractivity contribution in [3.63, 3.8) is 0 Å². The molecule has 0 N–H and O–H groups in total. The molecule has 0 fully saturated rings. The van der Waals surface area contributed by atoms with Gasteiger partial charge in [0.1, 0.15) is 17.2 Å². The molecule has 1 aliphatic heterocycles. The van der Waals surface area contributed by atoms with Gasteiger partial charge in [0, 0.05) is 17.7 Å². The normalized spacial score (nSPS) is 14.0. The molecule has 0 bridgehead atoms. The monoisotopic (exact) mass is 370 g/mol. The number of methoxy groups -OCH3 is 3. The average Bonchev–Trinajstić information content (AvgIpc) is 2.97. The van der Waals surface area contributed by atoms with Crippen molar-refractivity contribution in [2.75, 3.05) is 27.9 Å². The summed E-state index contributed by atoms with van der Waals surface area (Å²) in [5.74, 6) is 2.81. The summed E-state index contributed by atoms with van der Waals surface area (Å²) in [6.07, 6.45) is 1.64. The second kappa shape index (κ2) is 7.61. The molecule has 27 heavy (non-hydrogen) atoms. The summed E-state index contributed by atoms with van der Waals surface area (Å²) in [5.41, 5.74) is 2.00. The van der Waals surface area contributed by atoms with Gasteiger partial charge in [0.15, 0.2) is 17.3 Å². The van der Waals surface area contributed by atoms with Crippen LogP contribution in [-0.2, 0) is 0 Å². The van der Waals surface area contributed by atoms with E-state index in [4.69, 9.17) is 23.7 Å². The Balaban J connectivity index is 2.04. The lowest BCUT2D eigenvalue weighted by Gasteiger charge is -2.12. The first kappa shape index (κ1) is 18.6. The largest absolute Gasteiger partial charge is 0.496 e. The molecular weight excluding hydrogens is 348 g/mol. The van der Waals surface area contributed by atoms with Crippen molar-refractivity contribution in [3.8, 4) is 28.7 Å². The summed E-state index contributed by atoms with van der Waals surface area (Å²) in [6.45, 7) is 4.31. The first-order chi connectivity index (χ1) is 13.0. The first-order valence-corrected chi connectivity index (χ1v) is 8.54. The number of carbonyl (C=O) groups is 1. The molecule has 0 amide bonds. The molecule has 1 aliphatic rings. The number of ketones is 1. The quantitative estimate of drug-likeness (QED) is 0.715. The minimum atomic E-state index is -0.178. The van der Waals surface area contributed by atoms with Gasteiger partial charge in [-0.05, 0) is 37.6 Å². The molecule has 0 atom stereocenters. The SMILES string of the molecule is CCOc1cc(C)c2c(c1)O/C(=C\c1cc(OC)c(OC)cc1OC)C2=O. The summed E-state index contributed by atoms with van der Waals surface area (Å²) in [4.78, 5) is 12.8. The van der Waals surface area contributed by atoms with E-state index in [9.17, 15) is 4.79 Å². The average molecular weight is 370 g/mol. The maximum absolute atomic E-state index is 12.8. The lowest BCUT2D eigenvalue weighted by molar-refractivity contribution is 0.101. The third-order valence-corrected chi connectivity index (χ3v) is 4.28. The summed E-state index contributed by atoms with van der Waals surface area (Å²) in [7, 11) is 4.65. The highest BCUT2D eigenvalue weighted by Crippen LogP contribution is 2.40. The Bertz CT molecular complexity index is 913. The zero-order valence-corrected chi connectivity index (χ0v) is 16.0. The number of fused-ring (bicyclic) bond motifs is 1. The van der Waals surface area contributed by atoms with Gasteiger partial charge < -0.3 is 23.7 Å². The van der Waals surface area contributed by atoms with Crippen LogP contribution in [0.3, 0.4) is 0 Å². The minimum absolute atomic E-state index is 0.178. The van der Waals surface area contributed by atoms with Crippen LogP contribution in [0.5, 0.6) is 28.7 Å². The van der Waals surface area contributed by atoms with Gasteiger partial charge >= 0.3 is 0 Å². The van der Waals surface area contributed by atoms with E-state index in [2.05, 4.69) is 0 Å². The molecule has 3 rings (SSSR count). The molecule has 0 spiro atoms. The van der Waals surface area contributed by atoms with E-state index in [0.29, 0.717) is 46.5 Å². The van der Waals surface area contributed by atoms with Gasteiger partial charge in [-0.15, -0.1) is 0 Å². The van der Waals surface area contributed by atoms with Gasteiger partial charge in [-0.1, -0.05) is 0 Å². The van der Waals surface area contributed by atoms with Crippen LogP contribution < -0.4 is 23.7 Å². The van der Waals surface area contributed by atoms with Crippen molar-refractivity contribution in [1.82, 2.24) is 0 Å². The van der Waals surface area contributed by atoms with E-state index < -0.39 is 0 Å². The highest BCUT2D eigenvalue weighted by Gasteiger charge is 2.30. The van der Waals surface area contributed by atoms with Crippen molar-refractivity contribution >= 4 is 11.9 Å². The number of allylic oxidation sites excluding steroid dienone is 1. The van der Waals surface area contributed by atoms with Crippen molar-refractivity contribution in [2.24, 2.45) is 0 Å². The van der Waals surface area contributed by atoms with Gasteiger partial charge in [-0.25, -0.2) is 0 Å². The molecule has 2 aromatic rings. The van der Waals surface area contributed by atoms with Crippen molar-refractivity contribution < 1.29 is 28.5 Å². The Morgan fingerprint density at radius 1 is 0.963 bits per heavy atom. The van der Waals surface area contributed by atoms with Gasteiger partial charge in [0.2, 0.25) is 5.78 Å². The Morgan fingerprint density at radius 3 is 2.26 bits per heavy atom. The van der Waals surface area contributed by atoms with E-state index in [-0.39, 0.29) is 11.5 Å². The number of ether oxygens (including phenoxy) is 5. The van der Waals surface area contributed by atoms with E-state index in [1.165, 1.54) is 0 Å². The van der Waals surface area contributed by atoms with Crippen LogP contribution in [0.1, 0.15) is 28.4 Å². The molecule has 0 saturated carbocycles. The second-order valence-electron chi connectivity index (χ2n) is 5.94. The van der Waals surface area contributed by atoms with E-state index >= 15 is 0 Å². The topological polar surface area (TPSA) is 63.2 Å². The Morgan fingerprint density at radius 2 is 1.63 bits per heavy atom. The highest BCUT2D eigenvalue weighted by atomic mass is 16.5. The summed E-state index contributed by atoms with van der Waals surface area (Å²) in [5, 5.41) is 0. The van der Waals surface area contributed by atoms with E-state index in [1.54, 1.807) is 45.6 Å². The molecular formula is C21H22O6. The van der Waals surface area contributed by atoms with Crippen LogP contribution in [0.25, 0.3) is 6.08 Å². The van der Waals surface area contributed by atoms with Crippen LogP contribution in [0.15, 0.2) is 30.0 Å². The van der Waals surface area contributed by atoms with Gasteiger partial charge in [-0.2, -0.15) is 0 Å². The summed E-state index contributed by atoms with van der Waals surface area (Å²) < 4.78 is 27.4. The Kier molecular flexibility index (Phi) is 5.26. The minimum Gasteiger partial charge on any atom is -0.496 e. The van der Waals surface area contributed by atoms with Gasteiger partial charge in [-0.3, -0.25) is 4.79 Å². The molecule has 0 aromatic heterocycles. The first-order valence-electron chi connectivity index (χ1n) is 8.54. The molecule has 6 nitrogen and oxygen atoms in total. The maximum Gasteiger partial charge on any atom is 0.232 e. The number of hydrogen-bond acceptors (Lipinski definition) is 6. The zero-order valence-electron chi connectivity index (χ0n) is 16.0. The summed E-state index contributed by atoms with van der Waals surface area (Å²) in [6, 6.07) is 7.01. The van der Waals surface area contributed by atoms with Gasteiger partial charge in [0.25, 0.3) is 0 Å².